The maximum absolute atomic E-state index is 6.22. The molecule has 86 valence electrons. The zero-order valence-electron chi connectivity index (χ0n) is 8.91. The van der Waals surface area contributed by atoms with Crippen LogP contribution >= 0.6 is 23.2 Å². The third kappa shape index (κ3) is 1.78. The van der Waals surface area contributed by atoms with Gasteiger partial charge < -0.3 is 4.74 Å². The van der Waals surface area contributed by atoms with Gasteiger partial charge in [-0.1, -0.05) is 35.4 Å². The molecular formula is C13H9Cl2NO. The van der Waals surface area contributed by atoms with Gasteiger partial charge in [0.25, 0.3) is 0 Å². The summed E-state index contributed by atoms with van der Waals surface area (Å²) < 4.78 is 5.73. The normalized spacial score (nSPS) is 14.2. The lowest BCUT2D eigenvalue weighted by molar-refractivity contribution is 0.367. The Morgan fingerprint density at radius 2 is 1.94 bits per heavy atom. The fourth-order valence-electron chi connectivity index (χ4n) is 1.97. The van der Waals surface area contributed by atoms with Crippen molar-refractivity contribution in [3.8, 4) is 5.75 Å². The molecule has 2 nitrogen and oxygen atoms in total. The van der Waals surface area contributed by atoms with Crippen LogP contribution in [0.1, 0.15) is 5.56 Å². The Balaban J connectivity index is 2.38. The summed E-state index contributed by atoms with van der Waals surface area (Å²) in [5.74, 6) is 0.799. The number of allylic oxidation sites excluding steroid dienone is 1. The molecule has 0 spiro atoms. The second-order valence-corrected chi connectivity index (χ2v) is 4.67. The van der Waals surface area contributed by atoms with E-state index in [0.717, 1.165) is 23.1 Å². The van der Waals surface area contributed by atoms with Crippen molar-refractivity contribution in [3.63, 3.8) is 0 Å². The van der Waals surface area contributed by atoms with Crippen LogP contribution in [0.25, 0.3) is 10.9 Å². The number of pyridine rings is 1. The van der Waals surface area contributed by atoms with E-state index in [2.05, 4.69) is 11.1 Å². The summed E-state index contributed by atoms with van der Waals surface area (Å²) in [6.45, 7) is 0.551. The molecule has 0 aliphatic carbocycles. The molecule has 17 heavy (non-hydrogen) atoms. The fourth-order valence-corrected chi connectivity index (χ4v) is 2.41. The highest BCUT2D eigenvalue weighted by atomic mass is 35.5. The first kappa shape index (κ1) is 10.9. The van der Waals surface area contributed by atoms with Gasteiger partial charge in [-0.2, -0.15) is 0 Å². The predicted molar refractivity (Wildman–Crippen MR) is 70.1 cm³/mol. The molecule has 0 atom stereocenters. The Bertz CT molecular complexity index is 622. The molecule has 2 heterocycles. The Hall–Kier alpha value is -1.25. The number of halogens is 2. The van der Waals surface area contributed by atoms with E-state index in [4.69, 9.17) is 27.9 Å². The van der Waals surface area contributed by atoms with E-state index in [-0.39, 0.29) is 0 Å². The van der Waals surface area contributed by atoms with Gasteiger partial charge in [0.05, 0.1) is 20.9 Å². The maximum atomic E-state index is 6.22. The van der Waals surface area contributed by atoms with Crippen molar-refractivity contribution in [2.75, 3.05) is 6.61 Å². The highest BCUT2D eigenvalue weighted by Gasteiger charge is 2.15. The third-order valence-electron chi connectivity index (χ3n) is 2.77. The van der Waals surface area contributed by atoms with Crippen LogP contribution in [0.2, 0.25) is 10.0 Å². The van der Waals surface area contributed by atoms with Crippen LogP contribution in [0.4, 0.5) is 0 Å². The third-order valence-corrected chi connectivity index (χ3v) is 3.39. The largest absolute Gasteiger partial charge is 0.488 e. The Kier molecular flexibility index (Phi) is 2.69. The monoisotopic (exact) mass is 265 g/mol. The number of hydrogen-bond donors (Lipinski definition) is 0. The minimum absolute atomic E-state index is 0.551. The molecule has 0 amide bonds. The number of nitrogens with zero attached hydrogens (tertiary/aromatic N) is 1. The molecule has 0 unspecified atom stereocenters. The van der Waals surface area contributed by atoms with E-state index < -0.39 is 0 Å². The lowest BCUT2D eigenvalue weighted by atomic mass is 10.1. The predicted octanol–water partition coefficient (Wildman–Crippen LogP) is 4.03. The summed E-state index contributed by atoms with van der Waals surface area (Å²) in [5.41, 5.74) is 1.73. The molecule has 4 heteroatoms. The Labute approximate surface area is 109 Å². The van der Waals surface area contributed by atoms with Crippen molar-refractivity contribution in [2.45, 2.75) is 6.42 Å². The smallest absolute Gasteiger partial charge is 0.135 e. The number of hydrogen-bond acceptors (Lipinski definition) is 2. The summed E-state index contributed by atoms with van der Waals surface area (Å²) in [4.78, 5) is 4.37. The second kappa shape index (κ2) is 4.21. The minimum atomic E-state index is 0.551. The highest BCUT2D eigenvalue weighted by Crippen LogP contribution is 2.38. The van der Waals surface area contributed by atoms with Crippen LogP contribution < -0.4 is 4.74 Å². The molecule has 1 aromatic heterocycles. The van der Waals surface area contributed by atoms with Crippen LogP contribution in [0, 0.1) is 0 Å². The Morgan fingerprint density at radius 3 is 2.82 bits per heavy atom. The van der Waals surface area contributed by atoms with E-state index in [1.165, 1.54) is 0 Å². The zero-order valence-corrected chi connectivity index (χ0v) is 10.4. The van der Waals surface area contributed by atoms with Gasteiger partial charge in [0.15, 0.2) is 0 Å². The lowest BCUT2D eigenvalue weighted by Gasteiger charge is -2.12. The fraction of sp³-hybridized carbons (Fsp3) is 0.154. The first-order chi connectivity index (χ1) is 8.27. The number of benzene rings is 1. The first-order valence-corrected chi connectivity index (χ1v) is 6.06. The molecule has 0 saturated heterocycles. The van der Waals surface area contributed by atoms with Gasteiger partial charge in [0.2, 0.25) is 0 Å². The van der Waals surface area contributed by atoms with Crippen molar-refractivity contribution in [1.82, 2.24) is 4.98 Å². The highest BCUT2D eigenvalue weighted by molar-refractivity contribution is 6.40. The van der Waals surface area contributed by atoms with Gasteiger partial charge in [-0.15, -0.1) is 0 Å². The standard InChI is InChI=1S/C13H9Cl2NO/c14-9-4-5-10(15)12-11(9)13-8(7-16-12)3-1-2-6-17-13/h1-2,4-5,7H,3,6H2. The van der Waals surface area contributed by atoms with Crippen molar-refractivity contribution in [2.24, 2.45) is 0 Å². The van der Waals surface area contributed by atoms with Crippen LogP contribution in [0.3, 0.4) is 0 Å². The minimum Gasteiger partial charge on any atom is -0.488 e. The number of rotatable bonds is 0. The summed E-state index contributed by atoms with van der Waals surface area (Å²) >= 11 is 12.3. The van der Waals surface area contributed by atoms with Crippen LogP contribution in [-0.2, 0) is 6.42 Å². The summed E-state index contributed by atoms with van der Waals surface area (Å²) in [7, 11) is 0. The van der Waals surface area contributed by atoms with Crippen LogP contribution in [0.5, 0.6) is 5.75 Å². The molecular weight excluding hydrogens is 257 g/mol. The number of aromatic nitrogens is 1. The molecule has 0 radical (unpaired) electrons. The SMILES string of the molecule is Clc1ccc(Cl)c2c3c(cnc12)CC=CCO3. The van der Waals surface area contributed by atoms with E-state index in [0.29, 0.717) is 22.2 Å². The zero-order chi connectivity index (χ0) is 11.8. The van der Waals surface area contributed by atoms with Crippen LogP contribution in [0.15, 0.2) is 30.5 Å². The molecule has 2 aromatic rings. The quantitative estimate of drug-likeness (QED) is 0.671. The van der Waals surface area contributed by atoms with Gasteiger partial charge in [0.1, 0.15) is 12.4 Å². The summed E-state index contributed by atoms with van der Waals surface area (Å²) in [6, 6.07) is 3.52. The molecule has 0 saturated carbocycles. The van der Waals surface area contributed by atoms with E-state index >= 15 is 0 Å². The molecule has 0 bridgehead atoms. The Morgan fingerprint density at radius 1 is 1.12 bits per heavy atom. The average molecular weight is 266 g/mol. The first-order valence-electron chi connectivity index (χ1n) is 5.31. The average Bonchev–Trinajstić information content (AvgIpc) is 2.58. The number of ether oxygens (including phenoxy) is 1. The van der Waals surface area contributed by atoms with Crippen molar-refractivity contribution >= 4 is 34.1 Å². The topological polar surface area (TPSA) is 22.1 Å². The molecule has 3 rings (SSSR count). The van der Waals surface area contributed by atoms with E-state index in [1.54, 1.807) is 18.3 Å². The molecule has 1 aromatic carbocycles. The number of fused-ring (bicyclic) bond motifs is 3. The second-order valence-electron chi connectivity index (χ2n) is 3.85. The van der Waals surface area contributed by atoms with Gasteiger partial charge in [0, 0.05) is 11.8 Å². The molecule has 1 aliphatic heterocycles. The summed E-state index contributed by atoms with van der Waals surface area (Å²) in [6.07, 6.45) is 6.67. The van der Waals surface area contributed by atoms with Crippen molar-refractivity contribution < 1.29 is 4.74 Å². The van der Waals surface area contributed by atoms with Gasteiger partial charge >= 0.3 is 0 Å². The van der Waals surface area contributed by atoms with Crippen molar-refractivity contribution in [3.05, 3.63) is 46.1 Å². The van der Waals surface area contributed by atoms with E-state index in [1.807, 2.05) is 6.08 Å². The van der Waals surface area contributed by atoms with Gasteiger partial charge in [-0.05, 0) is 18.6 Å². The molecule has 0 N–H and O–H groups in total. The van der Waals surface area contributed by atoms with Gasteiger partial charge in [-0.25, -0.2) is 0 Å². The molecule has 1 aliphatic rings. The van der Waals surface area contributed by atoms with Crippen molar-refractivity contribution in [1.29, 1.82) is 0 Å². The summed E-state index contributed by atoms with van der Waals surface area (Å²) in [5, 5.41) is 2.02. The lowest BCUT2D eigenvalue weighted by Crippen LogP contribution is -1.97. The maximum Gasteiger partial charge on any atom is 0.135 e. The van der Waals surface area contributed by atoms with Gasteiger partial charge in [-0.3, -0.25) is 4.98 Å². The van der Waals surface area contributed by atoms with Crippen LogP contribution in [-0.4, -0.2) is 11.6 Å². The van der Waals surface area contributed by atoms with E-state index in [9.17, 15) is 0 Å². The molecule has 0 fully saturated rings.